The summed E-state index contributed by atoms with van der Waals surface area (Å²) in [4.78, 5) is 0. The monoisotopic (exact) mass is 262 g/mol. The van der Waals surface area contributed by atoms with Crippen LogP contribution in [0.5, 0.6) is 11.5 Å². The predicted octanol–water partition coefficient (Wildman–Crippen LogP) is 3.17. The van der Waals surface area contributed by atoms with Crippen LogP contribution in [0.15, 0.2) is 36.4 Å². The van der Waals surface area contributed by atoms with Crippen LogP contribution in [0.1, 0.15) is 0 Å². The fourth-order valence-corrected chi connectivity index (χ4v) is 1.69. The van der Waals surface area contributed by atoms with E-state index in [2.05, 4.69) is 5.32 Å². The molecule has 0 aliphatic heterocycles. The molecule has 0 heterocycles. The molecule has 0 saturated carbocycles. The van der Waals surface area contributed by atoms with E-state index in [0.29, 0.717) is 11.4 Å². The normalized spacial score (nSPS) is 10.1. The molecule has 4 nitrogen and oxygen atoms in total. The number of benzene rings is 2. The molecule has 3 N–H and O–H groups in total. The van der Waals surface area contributed by atoms with E-state index in [1.807, 2.05) is 24.3 Å². The number of anilines is 3. The Kier molecular flexibility index (Phi) is 3.75. The summed E-state index contributed by atoms with van der Waals surface area (Å²) < 4.78 is 23.5. The fourth-order valence-electron chi connectivity index (χ4n) is 1.69. The Labute approximate surface area is 111 Å². The zero-order valence-electron chi connectivity index (χ0n) is 10.7. The van der Waals surface area contributed by atoms with E-state index in [1.165, 1.54) is 19.2 Å². The predicted molar refractivity (Wildman–Crippen MR) is 73.6 cm³/mol. The van der Waals surface area contributed by atoms with Gasteiger partial charge in [0.2, 0.25) is 0 Å². The van der Waals surface area contributed by atoms with Gasteiger partial charge in [0.05, 0.1) is 25.6 Å². The van der Waals surface area contributed by atoms with Crippen LogP contribution in [-0.4, -0.2) is 14.2 Å². The topological polar surface area (TPSA) is 56.5 Å². The van der Waals surface area contributed by atoms with E-state index in [0.717, 1.165) is 11.4 Å². The first-order chi connectivity index (χ1) is 9.13. The standard InChI is InChI=1S/C14H15FN2O2/c1-18-10-5-3-4-9(6-10)17-13-8-14(19-2)11(15)7-12(13)16/h3-8,17H,16H2,1-2H3. The molecule has 0 fully saturated rings. The van der Waals surface area contributed by atoms with E-state index >= 15 is 0 Å². The number of hydrogen-bond acceptors (Lipinski definition) is 4. The van der Waals surface area contributed by atoms with Crippen molar-refractivity contribution in [2.45, 2.75) is 0 Å². The molecular formula is C14H15FN2O2. The second-order valence-corrected chi connectivity index (χ2v) is 3.93. The number of ether oxygens (including phenoxy) is 2. The first-order valence-electron chi connectivity index (χ1n) is 5.68. The summed E-state index contributed by atoms with van der Waals surface area (Å²) in [6.07, 6.45) is 0. The van der Waals surface area contributed by atoms with Gasteiger partial charge in [-0.3, -0.25) is 0 Å². The summed E-state index contributed by atoms with van der Waals surface area (Å²) >= 11 is 0. The lowest BCUT2D eigenvalue weighted by molar-refractivity contribution is 0.387. The van der Waals surface area contributed by atoms with E-state index in [9.17, 15) is 4.39 Å². The Morgan fingerprint density at radius 1 is 1.11 bits per heavy atom. The minimum atomic E-state index is -0.490. The Balaban J connectivity index is 2.32. The molecule has 0 amide bonds. The van der Waals surface area contributed by atoms with Gasteiger partial charge in [-0.15, -0.1) is 0 Å². The summed E-state index contributed by atoms with van der Waals surface area (Å²) in [5.74, 6) is 0.369. The van der Waals surface area contributed by atoms with E-state index in [1.54, 1.807) is 7.11 Å². The Morgan fingerprint density at radius 2 is 1.89 bits per heavy atom. The third-order valence-electron chi connectivity index (χ3n) is 2.67. The van der Waals surface area contributed by atoms with Crippen LogP contribution >= 0.6 is 0 Å². The zero-order valence-corrected chi connectivity index (χ0v) is 10.7. The number of rotatable bonds is 4. The molecule has 0 spiro atoms. The third-order valence-corrected chi connectivity index (χ3v) is 2.67. The number of nitrogens with two attached hydrogens (primary N) is 1. The molecule has 0 aromatic heterocycles. The van der Waals surface area contributed by atoms with Crippen molar-refractivity contribution >= 4 is 17.1 Å². The van der Waals surface area contributed by atoms with Gasteiger partial charge in [0.25, 0.3) is 0 Å². The van der Waals surface area contributed by atoms with Gasteiger partial charge in [-0.25, -0.2) is 4.39 Å². The van der Waals surface area contributed by atoms with E-state index < -0.39 is 5.82 Å². The molecule has 0 radical (unpaired) electrons. The summed E-state index contributed by atoms with van der Waals surface area (Å²) in [6, 6.07) is 10.1. The Morgan fingerprint density at radius 3 is 2.58 bits per heavy atom. The van der Waals surface area contributed by atoms with Gasteiger partial charge in [0.1, 0.15) is 5.75 Å². The molecule has 2 rings (SSSR count). The maximum atomic E-state index is 13.4. The van der Waals surface area contributed by atoms with Gasteiger partial charge in [0.15, 0.2) is 11.6 Å². The van der Waals surface area contributed by atoms with Crippen molar-refractivity contribution < 1.29 is 13.9 Å². The number of methoxy groups -OCH3 is 2. The van der Waals surface area contributed by atoms with Gasteiger partial charge in [-0.1, -0.05) is 6.07 Å². The van der Waals surface area contributed by atoms with Crippen LogP contribution in [0.25, 0.3) is 0 Å². The molecule has 0 atom stereocenters. The van der Waals surface area contributed by atoms with Crippen LogP contribution in [0.3, 0.4) is 0 Å². The van der Waals surface area contributed by atoms with Gasteiger partial charge in [-0.2, -0.15) is 0 Å². The third kappa shape index (κ3) is 2.88. The van der Waals surface area contributed by atoms with Crippen molar-refractivity contribution in [1.82, 2.24) is 0 Å². The minimum absolute atomic E-state index is 0.139. The van der Waals surface area contributed by atoms with Crippen molar-refractivity contribution in [1.29, 1.82) is 0 Å². The van der Waals surface area contributed by atoms with Crippen LogP contribution in [0.4, 0.5) is 21.5 Å². The lowest BCUT2D eigenvalue weighted by atomic mass is 10.2. The lowest BCUT2D eigenvalue weighted by Gasteiger charge is -2.12. The average Bonchev–Trinajstić information content (AvgIpc) is 2.42. The average molecular weight is 262 g/mol. The highest BCUT2D eigenvalue weighted by molar-refractivity contribution is 5.74. The van der Waals surface area contributed by atoms with Gasteiger partial charge in [-0.05, 0) is 12.1 Å². The quantitative estimate of drug-likeness (QED) is 0.831. The van der Waals surface area contributed by atoms with Crippen molar-refractivity contribution in [3.05, 3.63) is 42.2 Å². The molecule has 2 aromatic carbocycles. The summed E-state index contributed by atoms with van der Waals surface area (Å²) in [5.41, 5.74) is 7.45. The fraction of sp³-hybridized carbons (Fsp3) is 0.143. The summed E-state index contributed by atoms with van der Waals surface area (Å²) in [7, 11) is 3.00. The maximum absolute atomic E-state index is 13.4. The van der Waals surface area contributed by atoms with Crippen molar-refractivity contribution in [2.24, 2.45) is 0 Å². The van der Waals surface area contributed by atoms with Crippen LogP contribution < -0.4 is 20.5 Å². The lowest BCUT2D eigenvalue weighted by Crippen LogP contribution is -1.99. The molecule has 19 heavy (non-hydrogen) atoms. The number of halogens is 1. The minimum Gasteiger partial charge on any atom is -0.497 e. The van der Waals surface area contributed by atoms with Crippen LogP contribution in [0.2, 0.25) is 0 Å². The van der Waals surface area contributed by atoms with E-state index in [4.69, 9.17) is 15.2 Å². The zero-order chi connectivity index (χ0) is 13.8. The molecule has 0 bridgehead atoms. The molecule has 0 unspecified atom stereocenters. The maximum Gasteiger partial charge on any atom is 0.167 e. The molecule has 0 aliphatic carbocycles. The van der Waals surface area contributed by atoms with E-state index in [-0.39, 0.29) is 5.75 Å². The second-order valence-electron chi connectivity index (χ2n) is 3.93. The highest BCUT2D eigenvalue weighted by Gasteiger charge is 2.08. The van der Waals surface area contributed by atoms with Crippen LogP contribution in [0, 0.1) is 5.82 Å². The molecule has 5 heteroatoms. The number of nitrogens with one attached hydrogen (secondary N) is 1. The van der Waals surface area contributed by atoms with Gasteiger partial charge >= 0.3 is 0 Å². The van der Waals surface area contributed by atoms with Gasteiger partial charge < -0.3 is 20.5 Å². The summed E-state index contributed by atoms with van der Waals surface area (Å²) in [6.45, 7) is 0. The highest BCUT2D eigenvalue weighted by Crippen LogP contribution is 2.31. The van der Waals surface area contributed by atoms with Gasteiger partial charge in [0, 0.05) is 23.9 Å². The molecule has 100 valence electrons. The smallest absolute Gasteiger partial charge is 0.167 e. The number of hydrogen-bond donors (Lipinski definition) is 2. The van der Waals surface area contributed by atoms with Crippen molar-refractivity contribution in [3.63, 3.8) is 0 Å². The molecule has 2 aromatic rings. The first kappa shape index (κ1) is 13.0. The first-order valence-corrected chi connectivity index (χ1v) is 5.68. The number of nitrogen functional groups attached to an aromatic ring is 1. The highest BCUT2D eigenvalue weighted by atomic mass is 19.1. The molecule has 0 aliphatic rings. The van der Waals surface area contributed by atoms with Crippen molar-refractivity contribution in [2.75, 3.05) is 25.3 Å². The molecular weight excluding hydrogens is 247 g/mol. The van der Waals surface area contributed by atoms with Crippen molar-refractivity contribution in [3.8, 4) is 11.5 Å². The second kappa shape index (κ2) is 5.48. The SMILES string of the molecule is COc1cccc(Nc2cc(OC)c(F)cc2N)c1. The van der Waals surface area contributed by atoms with Crippen LogP contribution in [-0.2, 0) is 0 Å². The Hall–Kier alpha value is -2.43. The summed E-state index contributed by atoms with van der Waals surface area (Å²) in [5, 5.41) is 3.10. The largest absolute Gasteiger partial charge is 0.497 e. The Bertz CT molecular complexity index is 588. The molecule has 0 saturated heterocycles.